The molecule has 0 radical (unpaired) electrons. The summed E-state index contributed by atoms with van der Waals surface area (Å²) in [4.78, 5) is 0. The molecule has 2 unspecified atom stereocenters. The Morgan fingerprint density at radius 2 is 1.09 bits per heavy atom. The minimum absolute atomic E-state index is 0.193. The number of benzene rings is 3. The maximum atomic E-state index is 6.72. The van der Waals surface area contributed by atoms with Gasteiger partial charge in [0.15, 0.2) is 0 Å². The van der Waals surface area contributed by atoms with E-state index in [1.54, 1.807) is 0 Å². The van der Waals surface area contributed by atoms with E-state index in [0.717, 1.165) is 41.5 Å². The van der Waals surface area contributed by atoms with Crippen molar-refractivity contribution >= 4 is 21.5 Å². The maximum Gasteiger partial charge on any atom is 0.135 e. The third-order valence-electron chi connectivity index (χ3n) is 6.96. The first kappa shape index (κ1) is 26.4. The van der Waals surface area contributed by atoms with Crippen LogP contribution in [0.3, 0.4) is 0 Å². The second-order valence-corrected chi connectivity index (χ2v) is 9.99. The van der Waals surface area contributed by atoms with E-state index in [4.69, 9.17) is 9.47 Å². The van der Waals surface area contributed by atoms with Crippen LogP contribution in [-0.2, 0) is 6.42 Å². The van der Waals surface area contributed by atoms with Crippen molar-refractivity contribution in [2.75, 3.05) is 0 Å². The van der Waals surface area contributed by atoms with Crippen molar-refractivity contribution in [1.29, 1.82) is 0 Å². The van der Waals surface area contributed by atoms with Crippen LogP contribution in [0.4, 0.5) is 0 Å². The largest absolute Gasteiger partial charge is 0.489 e. The average molecular weight is 463 g/mol. The van der Waals surface area contributed by atoms with Crippen molar-refractivity contribution in [1.82, 2.24) is 0 Å². The second kappa shape index (κ2) is 13.6. The van der Waals surface area contributed by atoms with Crippen molar-refractivity contribution in [2.24, 2.45) is 0 Å². The smallest absolute Gasteiger partial charge is 0.135 e. The molecule has 0 saturated heterocycles. The van der Waals surface area contributed by atoms with Gasteiger partial charge in [-0.05, 0) is 57.6 Å². The predicted octanol–water partition coefficient (Wildman–Crippen LogP) is 10.0. The van der Waals surface area contributed by atoms with Gasteiger partial charge in [0.2, 0.25) is 0 Å². The van der Waals surface area contributed by atoms with E-state index >= 15 is 0 Å². The van der Waals surface area contributed by atoms with E-state index < -0.39 is 0 Å². The summed E-state index contributed by atoms with van der Waals surface area (Å²) < 4.78 is 13.4. The van der Waals surface area contributed by atoms with Crippen LogP contribution in [0.5, 0.6) is 11.5 Å². The standard InChI is InChI=1S/C32H46O2/c1-6-9-11-13-17-24(4)33-31-27-19-15-16-20-28(27)32(34-25(5)18-14-12-10-7-2)30-23-26(8-3)21-22-29(30)31/h15-16,19-25H,6-14,17-18H2,1-5H3. The van der Waals surface area contributed by atoms with Gasteiger partial charge in [-0.1, -0.05) is 95.7 Å². The minimum Gasteiger partial charge on any atom is -0.489 e. The Morgan fingerprint density at radius 1 is 0.588 bits per heavy atom. The van der Waals surface area contributed by atoms with Gasteiger partial charge in [0, 0.05) is 21.5 Å². The van der Waals surface area contributed by atoms with Crippen molar-refractivity contribution < 1.29 is 9.47 Å². The first-order chi connectivity index (χ1) is 16.6. The zero-order valence-electron chi connectivity index (χ0n) is 22.3. The Balaban J connectivity index is 1.98. The minimum atomic E-state index is 0.193. The third kappa shape index (κ3) is 6.90. The fourth-order valence-corrected chi connectivity index (χ4v) is 4.86. The number of fused-ring (bicyclic) bond motifs is 2. The second-order valence-electron chi connectivity index (χ2n) is 9.99. The molecule has 34 heavy (non-hydrogen) atoms. The van der Waals surface area contributed by atoms with Crippen molar-refractivity contribution in [2.45, 2.75) is 117 Å². The lowest BCUT2D eigenvalue weighted by atomic mass is 9.97. The van der Waals surface area contributed by atoms with Crippen LogP contribution in [0.1, 0.15) is 104 Å². The molecule has 0 fully saturated rings. The van der Waals surface area contributed by atoms with Gasteiger partial charge >= 0.3 is 0 Å². The Bertz CT molecular complexity index is 1020. The molecule has 0 aliphatic heterocycles. The zero-order chi connectivity index (χ0) is 24.3. The number of aryl methyl sites for hydroxylation is 1. The quantitative estimate of drug-likeness (QED) is 0.165. The molecule has 186 valence electrons. The molecule has 0 N–H and O–H groups in total. The van der Waals surface area contributed by atoms with Gasteiger partial charge < -0.3 is 9.47 Å². The highest BCUT2D eigenvalue weighted by Crippen LogP contribution is 2.44. The molecule has 3 aromatic rings. The number of hydrogen-bond acceptors (Lipinski definition) is 2. The predicted molar refractivity (Wildman–Crippen MR) is 149 cm³/mol. The monoisotopic (exact) mass is 462 g/mol. The summed E-state index contributed by atoms with van der Waals surface area (Å²) in [5.74, 6) is 2.03. The molecule has 2 atom stereocenters. The molecule has 3 aromatic carbocycles. The molecule has 2 heteroatoms. The fraction of sp³-hybridized carbons (Fsp3) is 0.562. The lowest BCUT2D eigenvalue weighted by Crippen LogP contribution is -2.14. The molecule has 3 rings (SSSR count). The number of unbranched alkanes of at least 4 members (excludes halogenated alkanes) is 6. The summed E-state index contributed by atoms with van der Waals surface area (Å²) in [5, 5.41) is 4.68. The van der Waals surface area contributed by atoms with E-state index in [9.17, 15) is 0 Å². The highest BCUT2D eigenvalue weighted by molar-refractivity contribution is 6.11. The van der Waals surface area contributed by atoms with Crippen LogP contribution in [0.15, 0.2) is 42.5 Å². The van der Waals surface area contributed by atoms with Crippen LogP contribution < -0.4 is 9.47 Å². The Labute approximate surface area is 208 Å². The zero-order valence-corrected chi connectivity index (χ0v) is 22.3. The van der Waals surface area contributed by atoms with Crippen LogP contribution in [-0.4, -0.2) is 12.2 Å². The normalized spacial score (nSPS) is 13.3. The van der Waals surface area contributed by atoms with E-state index in [0.29, 0.717) is 0 Å². The van der Waals surface area contributed by atoms with Crippen LogP contribution >= 0.6 is 0 Å². The number of rotatable bonds is 15. The van der Waals surface area contributed by atoms with Crippen molar-refractivity contribution in [3.63, 3.8) is 0 Å². The molecule has 0 aromatic heterocycles. The van der Waals surface area contributed by atoms with Crippen molar-refractivity contribution in [3.8, 4) is 11.5 Å². The summed E-state index contributed by atoms with van der Waals surface area (Å²) in [7, 11) is 0. The van der Waals surface area contributed by atoms with Gasteiger partial charge in [0.25, 0.3) is 0 Å². The molecule has 0 amide bonds. The molecule has 0 heterocycles. The van der Waals surface area contributed by atoms with Crippen LogP contribution in [0.25, 0.3) is 21.5 Å². The van der Waals surface area contributed by atoms with Gasteiger partial charge in [-0.2, -0.15) is 0 Å². The summed E-state index contributed by atoms with van der Waals surface area (Å²) in [6.07, 6.45) is 13.8. The molecular formula is C32H46O2. The van der Waals surface area contributed by atoms with Gasteiger partial charge in [0.05, 0.1) is 12.2 Å². The number of hydrogen-bond donors (Lipinski definition) is 0. The summed E-state index contributed by atoms with van der Waals surface area (Å²) in [6.45, 7) is 11.2. The molecule has 0 saturated carbocycles. The summed E-state index contributed by atoms with van der Waals surface area (Å²) >= 11 is 0. The molecule has 0 spiro atoms. The van der Waals surface area contributed by atoms with Crippen LogP contribution in [0, 0.1) is 0 Å². The van der Waals surface area contributed by atoms with Gasteiger partial charge in [-0.15, -0.1) is 0 Å². The maximum absolute atomic E-state index is 6.72. The van der Waals surface area contributed by atoms with Gasteiger partial charge in [-0.25, -0.2) is 0 Å². The average Bonchev–Trinajstić information content (AvgIpc) is 2.86. The lowest BCUT2D eigenvalue weighted by Gasteiger charge is -2.23. The van der Waals surface area contributed by atoms with Crippen molar-refractivity contribution in [3.05, 3.63) is 48.0 Å². The Kier molecular flexibility index (Phi) is 10.6. The Hall–Kier alpha value is -2.22. The molecule has 0 aliphatic rings. The van der Waals surface area contributed by atoms with E-state index in [2.05, 4.69) is 77.1 Å². The first-order valence-corrected chi connectivity index (χ1v) is 13.9. The van der Waals surface area contributed by atoms with Gasteiger partial charge in [0.1, 0.15) is 11.5 Å². The van der Waals surface area contributed by atoms with Gasteiger partial charge in [-0.3, -0.25) is 0 Å². The lowest BCUT2D eigenvalue weighted by molar-refractivity contribution is 0.207. The Morgan fingerprint density at radius 3 is 1.59 bits per heavy atom. The fourth-order valence-electron chi connectivity index (χ4n) is 4.86. The number of ether oxygens (including phenoxy) is 2. The third-order valence-corrected chi connectivity index (χ3v) is 6.96. The van der Waals surface area contributed by atoms with Crippen LogP contribution in [0.2, 0.25) is 0 Å². The molecular weight excluding hydrogens is 416 g/mol. The molecule has 2 nitrogen and oxygen atoms in total. The van der Waals surface area contributed by atoms with E-state index in [1.165, 1.54) is 67.7 Å². The SMILES string of the molecule is CCCCCCC(C)Oc1c2ccccc2c(OC(C)CCCCCC)c2cc(CC)ccc12. The highest BCUT2D eigenvalue weighted by atomic mass is 16.5. The highest BCUT2D eigenvalue weighted by Gasteiger charge is 2.19. The first-order valence-electron chi connectivity index (χ1n) is 13.9. The summed E-state index contributed by atoms with van der Waals surface area (Å²) in [5.41, 5.74) is 1.33. The summed E-state index contributed by atoms with van der Waals surface area (Å²) in [6, 6.07) is 15.4. The molecule has 0 bridgehead atoms. The van der Waals surface area contributed by atoms with E-state index in [1.807, 2.05) is 0 Å². The van der Waals surface area contributed by atoms with E-state index in [-0.39, 0.29) is 12.2 Å². The topological polar surface area (TPSA) is 18.5 Å². The molecule has 0 aliphatic carbocycles.